The molecule has 5 rings (SSSR count). The Morgan fingerprint density at radius 1 is 0.821 bits per heavy atom. The fourth-order valence-corrected chi connectivity index (χ4v) is 3.71. The van der Waals surface area contributed by atoms with Gasteiger partial charge in [0.25, 0.3) is 5.91 Å². The van der Waals surface area contributed by atoms with Crippen molar-refractivity contribution in [3.63, 3.8) is 0 Å². The molecular formula is C25H18N2O. The molecule has 3 aromatic carbocycles. The summed E-state index contributed by atoms with van der Waals surface area (Å²) in [5, 5.41) is 1.01. The maximum Gasteiger partial charge on any atom is 0.263 e. The number of anilines is 1. The van der Waals surface area contributed by atoms with E-state index < -0.39 is 0 Å². The molecule has 0 fully saturated rings. The van der Waals surface area contributed by atoms with Crippen LogP contribution in [-0.4, -0.2) is 10.9 Å². The normalized spacial score (nSPS) is 14.7. The van der Waals surface area contributed by atoms with E-state index in [1.165, 1.54) is 5.56 Å². The highest BCUT2D eigenvalue weighted by Crippen LogP contribution is 2.40. The van der Waals surface area contributed by atoms with E-state index in [1.54, 1.807) is 11.1 Å². The molecule has 0 spiro atoms. The van der Waals surface area contributed by atoms with Crippen LogP contribution in [-0.2, 0) is 0 Å². The molecule has 2 heterocycles. The molecule has 0 bridgehead atoms. The Morgan fingerprint density at radius 3 is 2.39 bits per heavy atom. The zero-order chi connectivity index (χ0) is 19.1. The lowest BCUT2D eigenvalue weighted by molar-refractivity contribution is 0.101. The van der Waals surface area contributed by atoms with Gasteiger partial charge in [-0.2, -0.15) is 0 Å². The Bertz CT molecular complexity index is 1230. The van der Waals surface area contributed by atoms with Gasteiger partial charge < -0.3 is 0 Å². The zero-order valence-corrected chi connectivity index (χ0v) is 15.5. The summed E-state index contributed by atoms with van der Waals surface area (Å²) in [5.74, 6) is -0.0212. The number of aryl methyl sites for hydroxylation is 1. The SMILES string of the molecule is Cc1ccc(/C=C2\c3ccccc3C(=O)N2c2cccc3cccnc23)cc1. The molecule has 4 aromatic rings. The van der Waals surface area contributed by atoms with Crippen molar-refractivity contribution in [2.75, 3.05) is 4.90 Å². The van der Waals surface area contributed by atoms with Crippen molar-refractivity contribution in [2.24, 2.45) is 0 Å². The average molecular weight is 362 g/mol. The summed E-state index contributed by atoms with van der Waals surface area (Å²) in [6, 6.07) is 26.0. The smallest absolute Gasteiger partial charge is 0.263 e. The number of amides is 1. The van der Waals surface area contributed by atoms with Gasteiger partial charge in [-0.15, -0.1) is 0 Å². The van der Waals surface area contributed by atoms with Crippen LogP contribution in [0.4, 0.5) is 5.69 Å². The van der Waals surface area contributed by atoms with Gasteiger partial charge in [0.1, 0.15) is 0 Å². The summed E-state index contributed by atoms with van der Waals surface area (Å²) in [7, 11) is 0. The molecule has 1 aliphatic rings. The first-order chi connectivity index (χ1) is 13.7. The summed E-state index contributed by atoms with van der Waals surface area (Å²) in [6.45, 7) is 2.07. The quantitative estimate of drug-likeness (QED) is 0.458. The zero-order valence-electron chi connectivity index (χ0n) is 15.5. The van der Waals surface area contributed by atoms with E-state index >= 15 is 0 Å². The van der Waals surface area contributed by atoms with Crippen molar-refractivity contribution < 1.29 is 4.79 Å². The predicted octanol–water partition coefficient (Wildman–Crippen LogP) is 5.70. The van der Waals surface area contributed by atoms with E-state index in [4.69, 9.17) is 0 Å². The molecule has 0 radical (unpaired) electrons. The van der Waals surface area contributed by atoms with Gasteiger partial charge in [-0.05, 0) is 36.8 Å². The number of pyridine rings is 1. The third-order valence-electron chi connectivity index (χ3n) is 5.11. The van der Waals surface area contributed by atoms with Crippen LogP contribution in [0.2, 0.25) is 0 Å². The van der Waals surface area contributed by atoms with Gasteiger partial charge in [-0.3, -0.25) is 14.7 Å². The van der Waals surface area contributed by atoms with Crippen LogP contribution in [0.1, 0.15) is 27.0 Å². The van der Waals surface area contributed by atoms with Gasteiger partial charge in [0.15, 0.2) is 0 Å². The molecule has 0 saturated carbocycles. The highest BCUT2D eigenvalue weighted by molar-refractivity contribution is 6.26. The van der Waals surface area contributed by atoms with Crippen molar-refractivity contribution in [3.05, 3.63) is 107 Å². The maximum absolute atomic E-state index is 13.4. The average Bonchev–Trinajstić information content (AvgIpc) is 3.01. The Labute approximate surface area is 163 Å². The minimum absolute atomic E-state index is 0.0212. The van der Waals surface area contributed by atoms with Crippen LogP contribution in [0.3, 0.4) is 0 Å². The molecular weight excluding hydrogens is 344 g/mol. The second kappa shape index (κ2) is 6.46. The molecule has 1 amide bonds. The summed E-state index contributed by atoms with van der Waals surface area (Å²) in [4.78, 5) is 19.7. The Hall–Kier alpha value is -3.72. The summed E-state index contributed by atoms with van der Waals surface area (Å²) < 4.78 is 0. The van der Waals surface area contributed by atoms with Gasteiger partial charge in [0.05, 0.1) is 16.9 Å². The van der Waals surface area contributed by atoms with Crippen LogP contribution in [0, 0.1) is 6.92 Å². The van der Waals surface area contributed by atoms with E-state index in [1.807, 2.05) is 54.6 Å². The van der Waals surface area contributed by atoms with E-state index in [-0.39, 0.29) is 5.91 Å². The third-order valence-corrected chi connectivity index (χ3v) is 5.11. The van der Waals surface area contributed by atoms with Crippen molar-refractivity contribution in [2.45, 2.75) is 6.92 Å². The predicted molar refractivity (Wildman–Crippen MR) is 114 cm³/mol. The van der Waals surface area contributed by atoms with Crippen LogP contribution in [0.5, 0.6) is 0 Å². The molecule has 0 saturated heterocycles. The fraction of sp³-hybridized carbons (Fsp3) is 0.0400. The van der Waals surface area contributed by atoms with Crippen LogP contribution in [0.25, 0.3) is 22.7 Å². The highest BCUT2D eigenvalue weighted by Gasteiger charge is 2.34. The van der Waals surface area contributed by atoms with Crippen LogP contribution in [0.15, 0.2) is 85.1 Å². The number of hydrogen-bond donors (Lipinski definition) is 0. The largest absolute Gasteiger partial charge is 0.274 e. The van der Waals surface area contributed by atoms with Gasteiger partial charge in [0.2, 0.25) is 0 Å². The summed E-state index contributed by atoms with van der Waals surface area (Å²) >= 11 is 0. The van der Waals surface area contributed by atoms with Crippen molar-refractivity contribution in [1.29, 1.82) is 0 Å². The molecule has 3 heteroatoms. The molecule has 28 heavy (non-hydrogen) atoms. The first kappa shape index (κ1) is 16.5. The number of nitrogens with zero attached hydrogens (tertiary/aromatic N) is 2. The molecule has 134 valence electrons. The number of carbonyl (C=O) groups is 1. The first-order valence-electron chi connectivity index (χ1n) is 9.28. The molecule has 0 aliphatic carbocycles. The van der Waals surface area contributed by atoms with Gasteiger partial charge in [-0.25, -0.2) is 0 Å². The first-order valence-corrected chi connectivity index (χ1v) is 9.28. The Morgan fingerprint density at radius 2 is 1.57 bits per heavy atom. The highest BCUT2D eigenvalue weighted by atomic mass is 16.2. The van der Waals surface area contributed by atoms with Gasteiger partial charge in [0, 0.05) is 22.7 Å². The van der Waals surface area contributed by atoms with Crippen molar-refractivity contribution in [3.8, 4) is 0 Å². The van der Waals surface area contributed by atoms with Gasteiger partial charge >= 0.3 is 0 Å². The minimum Gasteiger partial charge on any atom is -0.274 e. The molecule has 0 unspecified atom stereocenters. The minimum atomic E-state index is -0.0212. The number of rotatable bonds is 2. The molecule has 0 atom stereocenters. The fourth-order valence-electron chi connectivity index (χ4n) is 3.71. The number of aromatic nitrogens is 1. The number of benzene rings is 3. The lowest BCUT2D eigenvalue weighted by Gasteiger charge is -2.20. The number of para-hydroxylation sites is 1. The monoisotopic (exact) mass is 362 g/mol. The van der Waals surface area contributed by atoms with E-state index in [9.17, 15) is 4.79 Å². The summed E-state index contributed by atoms with van der Waals surface area (Å²) in [6.07, 6.45) is 3.84. The topological polar surface area (TPSA) is 33.2 Å². The van der Waals surface area contributed by atoms with Crippen LogP contribution >= 0.6 is 0 Å². The number of hydrogen-bond acceptors (Lipinski definition) is 2. The summed E-state index contributed by atoms with van der Waals surface area (Å²) in [5.41, 5.74) is 6.43. The van der Waals surface area contributed by atoms with E-state index in [0.29, 0.717) is 5.56 Å². The standard InChI is InChI=1S/C25H18N2O/c1-17-11-13-18(14-12-17)16-23-20-8-2-3-9-21(20)25(28)27(23)22-10-4-6-19-7-5-15-26-24(19)22/h2-16H,1H3/b23-16+. The molecule has 3 nitrogen and oxygen atoms in total. The molecule has 0 N–H and O–H groups in total. The van der Waals surface area contributed by atoms with E-state index in [0.717, 1.165) is 33.4 Å². The Kier molecular flexibility index (Phi) is 3.80. The van der Waals surface area contributed by atoms with Crippen molar-refractivity contribution >= 4 is 34.3 Å². The lowest BCUT2D eigenvalue weighted by atomic mass is 10.1. The van der Waals surface area contributed by atoms with Gasteiger partial charge in [-0.1, -0.05) is 66.2 Å². The third kappa shape index (κ3) is 2.60. The lowest BCUT2D eigenvalue weighted by Crippen LogP contribution is -2.22. The maximum atomic E-state index is 13.4. The number of fused-ring (bicyclic) bond motifs is 2. The molecule has 1 aliphatic heterocycles. The van der Waals surface area contributed by atoms with E-state index in [2.05, 4.69) is 42.2 Å². The second-order valence-corrected chi connectivity index (χ2v) is 6.98. The van der Waals surface area contributed by atoms with Crippen LogP contribution < -0.4 is 4.90 Å². The molecule has 1 aromatic heterocycles. The Balaban J connectivity index is 1.75. The number of carbonyl (C=O) groups excluding carboxylic acids is 1. The van der Waals surface area contributed by atoms with Crippen molar-refractivity contribution in [1.82, 2.24) is 4.98 Å². The second-order valence-electron chi connectivity index (χ2n) is 6.98.